The van der Waals surface area contributed by atoms with Gasteiger partial charge in [-0.1, -0.05) is 12.5 Å². The largest absolute Gasteiger partial charge is 0.312 e. The maximum Gasteiger partial charge on any atom is 0.215 e. The summed E-state index contributed by atoms with van der Waals surface area (Å²) in [5, 5.41) is 3.15. The second-order valence-corrected chi connectivity index (χ2v) is 6.90. The predicted octanol–water partition coefficient (Wildman–Crippen LogP) is 0.987. The molecule has 1 N–H and O–H groups in total. The molecule has 1 saturated heterocycles. The lowest BCUT2D eigenvalue weighted by molar-refractivity contribution is 0.346. The van der Waals surface area contributed by atoms with Gasteiger partial charge in [0, 0.05) is 38.6 Å². The highest BCUT2D eigenvalue weighted by Crippen LogP contribution is 2.12. The molecule has 0 bridgehead atoms. The summed E-state index contributed by atoms with van der Waals surface area (Å²) < 4.78 is 25.8. The lowest BCUT2D eigenvalue weighted by Crippen LogP contribution is -2.39. The molecule has 0 atom stereocenters. The number of rotatable bonds is 6. The first-order valence-corrected chi connectivity index (χ1v) is 8.37. The molecule has 1 aromatic rings. The average molecular weight is 283 g/mol. The Kier molecular flexibility index (Phi) is 5.30. The standard InChI is InChI=1S/C13H21N3O2S/c17-19(18,16-8-2-1-3-9-16)10-7-15-12-13-5-4-6-14-11-13/h4-6,11,15H,1-3,7-10,12H2. The first-order chi connectivity index (χ1) is 9.18. The maximum atomic E-state index is 12.1. The summed E-state index contributed by atoms with van der Waals surface area (Å²) in [6.45, 7) is 2.51. The molecule has 1 fully saturated rings. The van der Waals surface area contributed by atoms with Crippen LogP contribution in [0.2, 0.25) is 0 Å². The van der Waals surface area contributed by atoms with Gasteiger partial charge in [-0.3, -0.25) is 4.98 Å². The van der Waals surface area contributed by atoms with Crippen molar-refractivity contribution in [3.63, 3.8) is 0 Å². The van der Waals surface area contributed by atoms with Crippen molar-refractivity contribution in [3.05, 3.63) is 30.1 Å². The van der Waals surface area contributed by atoms with Gasteiger partial charge in [0.2, 0.25) is 10.0 Å². The average Bonchev–Trinajstić information content (AvgIpc) is 2.46. The topological polar surface area (TPSA) is 62.3 Å². The Morgan fingerprint density at radius 3 is 2.74 bits per heavy atom. The van der Waals surface area contributed by atoms with Gasteiger partial charge in [0.25, 0.3) is 0 Å². The van der Waals surface area contributed by atoms with E-state index >= 15 is 0 Å². The number of hydrogen-bond acceptors (Lipinski definition) is 4. The molecule has 0 aromatic carbocycles. The molecular formula is C13H21N3O2S. The van der Waals surface area contributed by atoms with Crippen molar-refractivity contribution in [1.82, 2.24) is 14.6 Å². The van der Waals surface area contributed by atoms with E-state index in [9.17, 15) is 8.42 Å². The lowest BCUT2D eigenvalue weighted by atomic mass is 10.2. The van der Waals surface area contributed by atoms with E-state index in [0.29, 0.717) is 26.2 Å². The van der Waals surface area contributed by atoms with Crippen LogP contribution in [0.25, 0.3) is 0 Å². The zero-order valence-corrected chi connectivity index (χ0v) is 11.9. The van der Waals surface area contributed by atoms with Gasteiger partial charge < -0.3 is 5.32 Å². The highest BCUT2D eigenvalue weighted by Gasteiger charge is 2.22. The minimum atomic E-state index is -3.08. The van der Waals surface area contributed by atoms with E-state index in [1.54, 1.807) is 16.7 Å². The molecule has 1 aliphatic heterocycles. The first kappa shape index (κ1) is 14.4. The Morgan fingerprint density at radius 2 is 2.05 bits per heavy atom. The normalized spacial score (nSPS) is 17.5. The summed E-state index contributed by atoms with van der Waals surface area (Å²) >= 11 is 0. The molecule has 6 heteroatoms. The number of sulfonamides is 1. The predicted molar refractivity (Wildman–Crippen MR) is 75.2 cm³/mol. The van der Waals surface area contributed by atoms with Crippen LogP contribution < -0.4 is 5.32 Å². The maximum absolute atomic E-state index is 12.1. The van der Waals surface area contributed by atoms with E-state index in [1.807, 2.05) is 12.1 Å². The van der Waals surface area contributed by atoms with Gasteiger partial charge in [0.05, 0.1) is 5.75 Å². The molecule has 0 saturated carbocycles. The summed E-state index contributed by atoms with van der Waals surface area (Å²) in [7, 11) is -3.08. The van der Waals surface area contributed by atoms with Crippen LogP contribution in [0.5, 0.6) is 0 Å². The van der Waals surface area contributed by atoms with Crippen LogP contribution in [0.3, 0.4) is 0 Å². The SMILES string of the molecule is O=S(=O)(CCNCc1cccnc1)N1CCCCC1. The zero-order chi connectivity index (χ0) is 13.6. The summed E-state index contributed by atoms with van der Waals surface area (Å²) in [6.07, 6.45) is 6.63. The van der Waals surface area contributed by atoms with Crippen LogP contribution >= 0.6 is 0 Å². The number of hydrogen-bond donors (Lipinski definition) is 1. The van der Waals surface area contributed by atoms with Crippen LogP contribution in [0.4, 0.5) is 0 Å². The van der Waals surface area contributed by atoms with E-state index in [1.165, 1.54) is 0 Å². The number of aromatic nitrogens is 1. The van der Waals surface area contributed by atoms with Crippen LogP contribution in [0, 0.1) is 0 Å². The van der Waals surface area contributed by atoms with Gasteiger partial charge in [-0.15, -0.1) is 0 Å². The van der Waals surface area contributed by atoms with Crippen molar-refractivity contribution < 1.29 is 8.42 Å². The fourth-order valence-electron chi connectivity index (χ4n) is 2.21. The Hall–Kier alpha value is -0.980. The molecule has 1 aliphatic rings. The fourth-order valence-corrected chi connectivity index (χ4v) is 3.68. The van der Waals surface area contributed by atoms with E-state index in [0.717, 1.165) is 24.8 Å². The summed E-state index contributed by atoms with van der Waals surface area (Å²) in [4.78, 5) is 4.02. The minimum absolute atomic E-state index is 0.174. The molecule has 106 valence electrons. The van der Waals surface area contributed by atoms with Crippen LogP contribution in [0.1, 0.15) is 24.8 Å². The Morgan fingerprint density at radius 1 is 1.26 bits per heavy atom. The third-order valence-electron chi connectivity index (χ3n) is 3.30. The lowest BCUT2D eigenvalue weighted by Gasteiger charge is -2.25. The summed E-state index contributed by atoms with van der Waals surface area (Å²) in [5.74, 6) is 0.174. The molecule has 1 aromatic heterocycles. The van der Waals surface area contributed by atoms with Crippen molar-refractivity contribution in [2.75, 3.05) is 25.4 Å². The van der Waals surface area contributed by atoms with Gasteiger partial charge in [0.1, 0.15) is 0 Å². The van der Waals surface area contributed by atoms with E-state index in [2.05, 4.69) is 10.3 Å². The molecule has 0 radical (unpaired) electrons. The second-order valence-electron chi connectivity index (χ2n) is 4.81. The number of nitrogens with one attached hydrogen (secondary N) is 1. The Bertz CT molecular complexity index is 470. The third-order valence-corrected chi connectivity index (χ3v) is 5.17. The molecule has 0 aliphatic carbocycles. The number of piperidine rings is 1. The summed E-state index contributed by atoms with van der Waals surface area (Å²) in [5.41, 5.74) is 1.07. The van der Waals surface area contributed by atoms with E-state index < -0.39 is 10.0 Å². The Balaban J connectivity index is 1.72. The van der Waals surface area contributed by atoms with E-state index in [-0.39, 0.29) is 5.75 Å². The van der Waals surface area contributed by atoms with Gasteiger partial charge in [-0.2, -0.15) is 0 Å². The van der Waals surface area contributed by atoms with Gasteiger partial charge in [-0.05, 0) is 24.5 Å². The third kappa shape index (κ3) is 4.56. The molecule has 0 spiro atoms. The smallest absolute Gasteiger partial charge is 0.215 e. The molecular weight excluding hydrogens is 262 g/mol. The van der Waals surface area contributed by atoms with Crippen LogP contribution in [-0.4, -0.2) is 43.1 Å². The second kappa shape index (κ2) is 6.98. The number of pyridine rings is 1. The van der Waals surface area contributed by atoms with Crippen LogP contribution in [0.15, 0.2) is 24.5 Å². The summed E-state index contributed by atoms with van der Waals surface area (Å²) in [6, 6.07) is 3.85. The molecule has 2 rings (SSSR count). The van der Waals surface area contributed by atoms with Crippen molar-refractivity contribution in [2.45, 2.75) is 25.8 Å². The number of nitrogens with zero attached hydrogens (tertiary/aromatic N) is 2. The molecule has 0 unspecified atom stereocenters. The molecule has 5 nitrogen and oxygen atoms in total. The highest BCUT2D eigenvalue weighted by atomic mass is 32.2. The fraction of sp³-hybridized carbons (Fsp3) is 0.615. The molecule has 2 heterocycles. The van der Waals surface area contributed by atoms with Crippen molar-refractivity contribution in [1.29, 1.82) is 0 Å². The van der Waals surface area contributed by atoms with Gasteiger partial charge in [0.15, 0.2) is 0 Å². The van der Waals surface area contributed by atoms with Gasteiger partial charge in [-0.25, -0.2) is 12.7 Å². The van der Waals surface area contributed by atoms with Crippen LogP contribution in [-0.2, 0) is 16.6 Å². The Labute approximate surface area is 115 Å². The van der Waals surface area contributed by atoms with Gasteiger partial charge >= 0.3 is 0 Å². The van der Waals surface area contributed by atoms with E-state index in [4.69, 9.17) is 0 Å². The molecule has 19 heavy (non-hydrogen) atoms. The van der Waals surface area contributed by atoms with Crippen molar-refractivity contribution >= 4 is 10.0 Å². The minimum Gasteiger partial charge on any atom is -0.312 e. The van der Waals surface area contributed by atoms with Crippen molar-refractivity contribution in [2.24, 2.45) is 0 Å². The first-order valence-electron chi connectivity index (χ1n) is 6.76. The highest BCUT2D eigenvalue weighted by molar-refractivity contribution is 7.89. The van der Waals surface area contributed by atoms with Crippen molar-refractivity contribution in [3.8, 4) is 0 Å². The quantitative estimate of drug-likeness (QED) is 0.791. The zero-order valence-electron chi connectivity index (χ0n) is 11.1. The molecule has 0 amide bonds. The monoisotopic (exact) mass is 283 g/mol.